The van der Waals surface area contributed by atoms with Crippen LogP contribution in [0.3, 0.4) is 0 Å². The molecule has 6 heteroatoms. The Morgan fingerprint density at radius 1 is 1.03 bits per heavy atom. The zero-order chi connectivity index (χ0) is 20.9. The molecule has 2 aromatic heterocycles. The first-order valence-corrected chi connectivity index (χ1v) is 11.6. The molecular weight excluding hydrogens is 408 g/mol. The fourth-order valence-electron chi connectivity index (χ4n) is 6.26. The van der Waals surface area contributed by atoms with Crippen molar-refractivity contribution in [2.45, 2.75) is 50.5 Å². The summed E-state index contributed by atoms with van der Waals surface area (Å²) < 4.78 is 2.04. The number of nitrogens with one attached hydrogen (secondary N) is 1. The van der Waals surface area contributed by atoms with E-state index in [2.05, 4.69) is 10.3 Å². The van der Waals surface area contributed by atoms with Crippen molar-refractivity contribution in [2.75, 3.05) is 0 Å². The molecule has 2 atom stereocenters. The Morgan fingerprint density at radius 2 is 1.77 bits per heavy atom. The highest BCUT2D eigenvalue weighted by atomic mass is 35.5. The fourth-order valence-corrected chi connectivity index (χ4v) is 6.39. The summed E-state index contributed by atoms with van der Waals surface area (Å²) in [6, 6.07) is 11.7. The summed E-state index contributed by atoms with van der Waals surface area (Å²) in [5.74, 6) is 2.38. The second-order valence-corrected chi connectivity index (χ2v) is 9.82. The number of halogens is 1. The van der Waals surface area contributed by atoms with Crippen molar-refractivity contribution in [3.8, 4) is 5.69 Å². The van der Waals surface area contributed by atoms with Crippen LogP contribution in [0.25, 0.3) is 5.69 Å². The van der Waals surface area contributed by atoms with Crippen LogP contribution in [-0.2, 0) is 6.54 Å². The van der Waals surface area contributed by atoms with Gasteiger partial charge in [0.25, 0.3) is 5.91 Å². The van der Waals surface area contributed by atoms with Crippen molar-refractivity contribution in [1.82, 2.24) is 20.1 Å². The van der Waals surface area contributed by atoms with Crippen molar-refractivity contribution in [3.63, 3.8) is 0 Å². The number of aromatic nitrogens is 3. The molecule has 0 radical (unpaired) electrons. The van der Waals surface area contributed by atoms with Crippen LogP contribution >= 0.6 is 11.6 Å². The number of nitrogens with zero attached hydrogens (tertiary/aromatic N) is 3. The van der Waals surface area contributed by atoms with Gasteiger partial charge >= 0.3 is 0 Å². The summed E-state index contributed by atoms with van der Waals surface area (Å²) in [4.78, 5) is 17.5. The van der Waals surface area contributed by atoms with Gasteiger partial charge in [-0.05, 0) is 85.8 Å². The minimum atomic E-state index is -0.0889. The van der Waals surface area contributed by atoms with Gasteiger partial charge in [-0.1, -0.05) is 17.7 Å². The number of hydrogen-bond acceptors (Lipinski definition) is 3. The predicted molar refractivity (Wildman–Crippen MR) is 120 cm³/mol. The van der Waals surface area contributed by atoms with Crippen LogP contribution in [0.15, 0.2) is 48.8 Å². The van der Waals surface area contributed by atoms with Crippen molar-refractivity contribution < 1.29 is 4.79 Å². The van der Waals surface area contributed by atoms with Gasteiger partial charge in [-0.25, -0.2) is 4.68 Å². The summed E-state index contributed by atoms with van der Waals surface area (Å²) in [5, 5.41) is 8.71. The van der Waals surface area contributed by atoms with Crippen LogP contribution in [0.2, 0.25) is 5.02 Å². The van der Waals surface area contributed by atoms with Gasteiger partial charge in [0.2, 0.25) is 0 Å². The van der Waals surface area contributed by atoms with Crippen LogP contribution in [0.1, 0.15) is 71.2 Å². The Bertz CT molecular complexity index is 1110. The van der Waals surface area contributed by atoms with Gasteiger partial charge in [-0.2, -0.15) is 5.10 Å². The highest BCUT2D eigenvalue weighted by Gasteiger charge is 2.46. The third kappa shape index (κ3) is 3.35. The zero-order valence-corrected chi connectivity index (χ0v) is 18.1. The maximum atomic E-state index is 13.4. The average molecular weight is 433 g/mol. The first-order valence-electron chi connectivity index (χ1n) is 11.2. The fraction of sp³-hybridized carbons (Fsp3) is 0.400. The molecule has 1 amide bonds. The maximum Gasteiger partial charge on any atom is 0.272 e. The van der Waals surface area contributed by atoms with Crippen LogP contribution in [0.5, 0.6) is 0 Å². The maximum absolute atomic E-state index is 13.4. The van der Waals surface area contributed by atoms with Crippen LogP contribution in [-0.4, -0.2) is 20.7 Å². The summed E-state index contributed by atoms with van der Waals surface area (Å²) in [7, 11) is 0. The van der Waals surface area contributed by atoms with Crippen molar-refractivity contribution >= 4 is 17.5 Å². The van der Waals surface area contributed by atoms with Gasteiger partial charge < -0.3 is 5.32 Å². The minimum absolute atomic E-state index is 0.0889. The molecule has 7 rings (SSSR count). The molecule has 3 aromatic rings. The highest BCUT2D eigenvalue weighted by molar-refractivity contribution is 6.30. The normalized spacial score (nSPS) is 25.8. The molecule has 0 aliphatic heterocycles. The number of carbonyl (C=O) groups excluding carboxylic acids is 1. The third-order valence-electron chi connectivity index (χ3n) is 7.35. The molecule has 2 fully saturated rings. The number of rotatable bonds is 4. The molecule has 2 heterocycles. The Hall–Kier alpha value is -2.66. The summed E-state index contributed by atoms with van der Waals surface area (Å²) >= 11 is 6.14. The van der Waals surface area contributed by atoms with Crippen LogP contribution in [0.4, 0.5) is 0 Å². The van der Waals surface area contributed by atoms with Gasteiger partial charge in [0.05, 0.1) is 11.4 Å². The van der Waals surface area contributed by atoms with Crippen molar-refractivity contribution in [2.24, 2.45) is 11.8 Å². The Kier molecular flexibility index (Phi) is 4.60. The van der Waals surface area contributed by atoms with Gasteiger partial charge in [-0.15, -0.1) is 0 Å². The van der Waals surface area contributed by atoms with E-state index in [1.807, 2.05) is 41.1 Å². The van der Waals surface area contributed by atoms with E-state index in [0.29, 0.717) is 29.1 Å². The molecule has 0 saturated heterocycles. The van der Waals surface area contributed by atoms with E-state index in [9.17, 15) is 4.79 Å². The van der Waals surface area contributed by atoms with Gasteiger partial charge in [-0.3, -0.25) is 9.78 Å². The molecule has 1 N–H and O–H groups in total. The van der Waals surface area contributed by atoms with E-state index < -0.39 is 0 Å². The largest absolute Gasteiger partial charge is 0.346 e. The highest BCUT2D eigenvalue weighted by Crippen LogP contribution is 2.57. The van der Waals surface area contributed by atoms with E-state index in [1.54, 1.807) is 12.4 Å². The number of amides is 1. The molecule has 4 aliphatic carbocycles. The molecule has 158 valence electrons. The minimum Gasteiger partial charge on any atom is -0.346 e. The first-order chi connectivity index (χ1) is 15.2. The molecule has 2 saturated carbocycles. The second-order valence-electron chi connectivity index (χ2n) is 9.38. The molecule has 4 aliphatic rings. The zero-order valence-electron chi connectivity index (χ0n) is 17.3. The van der Waals surface area contributed by atoms with Crippen LogP contribution < -0.4 is 5.32 Å². The molecule has 2 unspecified atom stereocenters. The molecule has 4 bridgehead atoms. The summed E-state index contributed by atoms with van der Waals surface area (Å²) in [5.41, 5.74) is 5.04. The Morgan fingerprint density at radius 3 is 2.48 bits per heavy atom. The number of pyridine rings is 1. The van der Waals surface area contributed by atoms with Crippen LogP contribution in [0, 0.1) is 11.8 Å². The van der Waals surface area contributed by atoms with Gasteiger partial charge in [0, 0.05) is 35.4 Å². The molecule has 5 nitrogen and oxygen atoms in total. The van der Waals surface area contributed by atoms with Gasteiger partial charge in [0.15, 0.2) is 5.69 Å². The lowest BCUT2D eigenvalue weighted by Crippen LogP contribution is -2.28. The SMILES string of the molecule is O=C(NCc1cccnc1)c1nn(-c2ccc(Cl)cc2)c2c1C1CC3CC(C1)CC2C3. The lowest BCUT2D eigenvalue weighted by Gasteiger charge is -2.38. The quantitative estimate of drug-likeness (QED) is 0.613. The van der Waals surface area contributed by atoms with E-state index in [1.165, 1.54) is 43.4 Å². The monoisotopic (exact) mass is 432 g/mol. The van der Waals surface area contributed by atoms with Crippen molar-refractivity contribution in [1.29, 1.82) is 0 Å². The lowest BCUT2D eigenvalue weighted by atomic mass is 9.67. The molecule has 1 aromatic carbocycles. The summed E-state index contributed by atoms with van der Waals surface area (Å²) in [6.07, 6.45) is 9.70. The summed E-state index contributed by atoms with van der Waals surface area (Å²) in [6.45, 7) is 0.453. The van der Waals surface area contributed by atoms with E-state index in [4.69, 9.17) is 16.7 Å². The lowest BCUT2D eigenvalue weighted by molar-refractivity contribution is 0.0942. The third-order valence-corrected chi connectivity index (χ3v) is 7.61. The van der Waals surface area contributed by atoms with Crippen molar-refractivity contribution in [3.05, 3.63) is 76.3 Å². The topological polar surface area (TPSA) is 59.8 Å². The number of benzene rings is 1. The molecule has 31 heavy (non-hydrogen) atoms. The van der Waals surface area contributed by atoms with E-state index in [0.717, 1.165) is 23.1 Å². The molecule has 0 spiro atoms. The molecular formula is C25H25ClN4O. The average Bonchev–Trinajstić information content (AvgIpc) is 3.10. The van der Waals surface area contributed by atoms with Gasteiger partial charge in [0.1, 0.15) is 0 Å². The number of carbonyl (C=O) groups is 1. The standard InChI is InChI=1S/C25H25ClN4O/c26-20-3-5-21(6-4-20)30-24-19-11-16-8-17(12-19)10-18(9-16)22(24)23(29-30)25(31)28-14-15-2-1-7-27-13-15/h1-7,13,16-19H,8-12,14H2,(H,28,31). The first kappa shape index (κ1) is 19.1. The Labute approximate surface area is 186 Å². The predicted octanol–water partition coefficient (Wildman–Crippen LogP) is 5.24. The smallest absolute Gasteiger partial charge is 0.272 e. The number of hydrogen-bond donors (Lipinski definition) is 1. The second kappa shape index (κ2) is 7.49. The van der Waals surface area contributed by atoms with E-state index in [-0.39, 0.29) is 5.91 Å². The van der Waals surface area contributed by atoms with E-state index >= 15 is 0 Å². The Balaban J connectivity index is 1.43.